The van der Waals surface area contributed by atoms with Gasteiger partial charge >= 0.3 is 5.97 Å². The van der Waals surface area contributed by atoms with Crippen LogP contribution in [0.15, 0.2) is 42.0 Å². The maximum absolute atomic E-state index is 12.7. The third-order valence-electron chi connectivity index (χ3n) is 5.89. The fraction of sp³-hybridized carbons (Fsp3) is 0.400. The average Bonchev–Trinajstić information content (AvgIpc) is 2.81. The average molecular weight is 530 g/mol. The van der Waals surface area contributed by atoms with Crippen LogP contribution >= 0.6 is 24.0 Å². The lowest BCUT2D eigenvalue weighted by Crippen LogP contribution is -2.59. The van der Waals surface area contributed by atoms with E-state index in [9.17, 15) is 18.7 Å². The van der Waals surface area contributed by atoms with Gasteiger partial charge in [-0.2, -0.15) is 0 Å². The number of nitrogens with zero attached hydrogens (tertiary/aromatic N) is 1. The highest BCUT2D eigenvalue weighted by Gasteiger charge is 2.45. The predicted molar refractivity (Wildman–Crippen MR) is 131 cm³/mol. The topological polar surface area (TPSA) is 68.2 Å². The number of fused-ring (bicyclic) bond motifs is 1. The number of rotatable bonds is 10. The second-order valence-electron chi connectivity index (χ2n) is 8.90. The van der Waals surface area contributed by atoms with Crippen molar-refractivity contribution in [2.24, 2.45) is 5.41 Å². The van der Waals surface area contributed by atoms with E-state index in [1.807, 2.05) is 18.2 Å². The summed E-state index contributed by atoms with van der Waals surface area (Å²) in [5, 5.41) is 9.50. The number of aliphatic carboxylic acids is 1. The molecule has 0 aliphatic carbocycles. The Morgan fingerprint density at radius 1 is 1.23 bits per heavy atom. The molecule has 2 aliphatic heterocycles. The van der Waals surface area contributed by atoms with Crippen LogP contribution in [0.25, 0.3) is 6.08 Å². The number of ether oxygens (including phenoxy) is 3. The summed E-state index contributed by atoms with van der Waals surface area (Å²) in [6, 6.07) is 10.5. The van der Waals surface area contributed by atoms with Gasteiger partial charge in [0, 0.05) is 31.3 Å². The molecule has 2 heterocycles. The Hall–Kier alpha value is -2.55. The number of carboxylic acid groups (broad SMARTS) is 1. The number of likely N-dealkylation sites (tertiary alicyclic amines) is 1. The first kappa shape index (κ1) is 27.0. The number of carbonyl (C=O) groups is 1. The lowest BCUT2D eigenvalue weighted by Gasteiger charge is -2.45. The van der Waals surface area contributed by atoms with Gasteiger partial charge in [0.1, 0.15) is 43.8 Å². The standard InChI is InChI=1S/C25H26ClF2NO5.ClH/c1-25(24(30)31)14-29(15-25)11-17-6-18-3-4-19(8-23(18)33-13-17)32-12-16-2-5-22(21(26)7-16)34-20(9-27)10-28;/h2-8,20H,9-15H2,1H3,(H,30,31);1H. The van der Waals surface area contributed by atoms with Gasteiger partial charge in [0.25, 0.3) is 0 Å². The van der Waals surface area contributed by atoms with E-state index < -0.39 is 30.8 Å². The number of carboxylic acids is 1. The smallest absolute Gasteiger partial charge is 0.311 e. The van der Waals surface area contributed by atoms with Crippen LogP contribution in [-0.4, -0.2) is 61.7 Å². The van der Waals surface area contributed by atoms with E-state index >= 15 is 0 Å². The van der Waals surface area contributed by atoms with Gasteiger partial charge in [-0.1, -0.05) is 17.7 Å². The normalized spacial score (nSPS) is 16.3. The molecule has 0 amide bonds. The summed E-state index contributed by atoms with van der Waals surface area (Å²) in [5.41, 5.74) is 2.14. The Balaban J connectivity index is 0.00000342. The molecule has 0 unspecified atom stereocenters. The van der Waals surface area contributed by atoms with Crippen molar-refractivity contribution in [3.05, 3.63) is 58.1 Å². The van der Waals surface area contributed by atoms with E-state index in [-0.39, 0.29) is 29.8 Å². The SMILES string of the molecule is CC1(C(=O)O)CN(CC2=Cc3ccc(OCc4ccc(OC(CF)CF)c(Cl)c4)cc3OC2)C1.Cl. The van der Waals surface area contributed by atoms with Gasteiger partial charge in [0.15, 0.2) is 6.10 Å². The van der Waals surface area contributed by atoms with Crippen LogP contribution in [0, 0.1) is 5.41 Å². The maximum Gasteiger partial charge on any atom is 0.311 e. The molecule has 1 saturated heterocycles. The molecule has 1 fully saturated rings. The molecule has 0 aromatic heterocycles. The fourth-order valence-corrected chi connectivity index (χ4v) is 4.27. The lowest BCUT2D eigenvalue weighted by atomic mass is 9.82. The first-order chi connectivity index (χ1) is 16.3. The van der Waals surface area contributed by atoms with Crippen molar-refractivity contribution in [1.82, 2.24) is 4.90 Å². The largest absolute Gasteiger partial charge is 0.489 e. The molecule has 0 saturated carbocycles. The van der Waals surface area contributed by atoms with Gasteiger partial charge in [-0.05, 0) is 48.4 Å². The van der Waals surface area contributed by atoms with Crippen LogP contribution in [0.1, 0.15) is 18.1 Å². The summed E-state index contributed by atoms with van der Waals surface area (Å²) in [4.78, 5) is 13.4. The first-order valence-electron chi connectivity index (χ1n) is 10.9. The molecule has 2 aromatic rings. The molecule has 0 atom stereocenters. The van der Waals surface area contributed by atoms with E-state index in [1.165, 1.54) is 0 Å². The minimum atomic E-state index is -1.17. The highest BCUT2D eigenvalue weighted by molar-refractivity contribution is 6.32. The molecular weight excluding hydrogens is 503 g/mol. The van der Waals surface area contributed by atoms with Crippen molar-refractivity contribution >= 4 is 36.1 Å². The first-order valence-corrected chi connectivity index (χ1v) is 11.3. The van der Waals surface area contributed by atoms with E-state index in [1.54, 1.807) is 25.1 Å². The van der Waals surface area contributed by atoms with Crippen LogP contribution in [0.2, 0.25) is 5.02 Å². The summed E-state index contributed by atoms with van der Waals surface area (Å²) >= 11 is 6.17. The molecule has 0 bridgehead atoms. The van der Waals surface area contributed by atoms with Gasteiger partial charge in [0.2, 0.25) is 0 Å². The second kappa shape index (κ2) is 11.5. The summed E-state index contributed by atoms with van der Waals surface area (Å²) in [5.74, 6) is 0.804. The third-order valence-corrected chi connectivity index (χ3v) is 6.18. The van der Waals surface area contributed by atoms with E-state index in [0.717, 1.165) is 16.7 Å². The van der Waals surface area contributed by atoms with Crippen molar-refractivity contribution in [2.75, 3.05) is 39.6 Å². The van der Waals surface area contributed by atoms with Crippen LogP contribution in [0.4, 0.5) is 8.78 Å². The van der Waals surface area contributed by atoms with Crippen molar-refractivity contribution in [2.45, 2.75) is 19.6 Å². The molecule has 6 nitrogen and oxygen atoms in total. The molecule has 0 radical (unpaired) electrons. The molecule has 10 heteroatoms. The maximum atomic E-state index is 12.7. The minimum absolute atomic E-state index is 0. The van der Waals surface area contributed by atoms with Crippen molar-refractivity contribution < 1.29 is 32.9 Å². The summed E-state index contributed by atoms with van der Waals surface area (Å²) < 4.78 is 42.3. The predicted octanol–water partition coefficient (Wildman–Crippen LogP) is 5.21. The molecule has 1 N–H and O–H groups in total. The van der Waals surface area contributed by atoms with Gasteiger partial charge in [-0.25, -0.2) is 8.78 Å². The molecule has 35 heavy (non-hydrogen) atoms. The Morgan fingerprint density at radius 2 is 1.97 bits per heavy atom. The molecule has 2 aromatic carbocycles. The highest BCUT2D eigenvalue weighted by atomic mass is 35.5. The number of alkyl halides is 2. The van der Waals surface area contributed by atoms with Crippen molar-refractivity contribution in [1.29, 1.82) is 0 Å². The van der Waals surface area contributed by atoms with Crippen LogP contribution in [0.3, 0.4) is 0 Å². The zero-order valence-corrected chi connectivity index (χ0v) is 20.7. The number of hydrogen-bond acceptors (Lipinski definition) is 5. The van der Waals surface area contributed by atoms with E-state index in [4.69, 9.17) is 25.8 Å². The van der Waals surface area contributed by atoms with Crippen LogP contribution in [-0.2, 0) is 11.4 Å². The Morgan fingerprint density at radius 3 is 2.63 bits per heavy atom. The number of benzene rings is 2. The Labute approximate surface area is 213 Å². The minimum Gasteiger partial charge on any atom is -0.489 e. The third kappa shape index (κ3) is 6.37. The van der Waals surface area contributed by atoms with Gasteiger partial charge in [-0.3, -0.25) is 9.69 Å². The lowest BCUT2D eigenvalue weighted by molar-refractivity contribution is -0.158. The van der Waals surface area contributed by atoms with E-state index in [2.05, 4.69) is 11.0 Å². The van der Waals surface area contributed by atoms with Crippen molar-refractivity contribution in [3.8, 4) is 17.2 Å². The van der Waals surface area contributed by atoms with Crippen LogP contribution < -0.4 is 14.2 Å². The number of halogens is 4. The van der Waals surface area contributed by atoms with Gasteiger partial charge in [0.05, 0.1) is 10.4 Å². The number of hydrogen-bond donors (Lipinski definition) is 1. The second-order valence-corrected chi connectivity index (χ2v) is 9.31. The summed E-state index contributed by atoms with van der Waals surface area (Å²) in [7, 11) is 0. The summed E-state index contributed by atoms with van der Waals surface area (Å²) in [6.07, 6.45) is 0.903. The van der Waals surface area contributed by atoms with Gasteiger partial charge in [-0.15, -0.1) is 12.4 Å². The molecule has 4 rings (SSSR count). The Bertz CT molecular complexity index is 1090. The molecule has 2 aliphatic rings. The zero-order chi connectivity index (χ0) is 24.3. The Kier molecular flexibility index (Phi) is 8.85. The molecular formula is C25H27Cl2F2NO5. The van der Waals surface area contributed by atoms with Crippen molar-refractivity contribution in [3.63, 3.8) is 0 Å². The van der Waals surface area contributed by atoms with Crippen LogP contribution in [0.5, 0.6) is 17.2 Å². The summed E-state index contributed by atoms with van der Waals surface area (Å²) in [6.45, 7) is 2.32. The molecule has 0 spiro atoms. The zero-order valence-electron chi connectivity index (χ0n) is 19.1. The monoisotopic (exact) mass is 529 g/mol. The quantitative estimate of drug-likeness (QED) is 0.455. The highest BCUT2D eigenvalue weighted by Crippen LogP contribution is 2.34. The fourth-order valence-electron chi connectivity index (χ4n) is 4.03. The molecule has 190 valence electrons. The van der Waals surface area contributed by atoms with E-state index in [0.29, 0.717) is 37.7 Å². The van der Waals surface area contributed by atoms with Gasteiger partial charge < -0.3 is 19.3 Å².